The van der Waals surface area contributed by atoms with Gasteiger partial charge in [0.05, 0.1) is 12.1 Å². The highest BCUT2D eigenvalue weighted by Crippen LogP contribution is 2.20. The molecule has 0 aliphatic carbocycles. The minimum Gasteiger partial charge on any atom is -0.382 e. The summed E-state index contributed by atoms with van der Waals surface area (Å²) in [6.07, 6.45) is 2.24. The van der Waals surface area contributed by atoms with Gasteiger partial charge in [0.25, 0.3) is 5.56 Å². The van der Waals surface area contributed by atoms with Crippen LogP contribution in [0.15, 0.2) is 35.1 Å². The number of hydrogen-bond acceptors (Lipinski definition) is 3. The van der Waals surface area contributed by atoms with E-state index in [1.54, 1.807) is 17.7 Å². The van der Waals surface area contributed by atoms with Gasteiger partial charge in [-0.3, -0.25) is 4.79 Å². The molecule has 108 valence electrons. The summed E-state index contributed by atoms with van der Waals surface area (Å²) in [6, 6.07) is 9.55. The van der Waals surface area contributed by atoms with Crippen LogP contribution in [0.4, 0.5) is 5.69 Å². The van der Waals surface area contributed by atoms with E-state index in [0.717, 1.165) is 36.0 Å². The molecule has 2 aromatic rings. The molecule has 0 spiro atoms. The maximum Gasteiger partial charge on any atom is 0.252 e. The minimum atomic E-state index is -0.00176. The minimum absolute atomic E-state index is 0.00176. The van der Waals surface area contributed by atoms with Crippen molar-refractivity contribution in [1.29, 1.82) is 0 Å². The Morgan fingerprint density at radius 3 is 2.85 bits per heavy atom. The van der Waals surface area contributed by atoms with E-state index in [1.807, 2.05) is 24.3 Å². The molecule has 1 heterocycles. The van der Waals surface area contributed by atoms with Gasteiger partial charge >= 0.3 is 0 Å². The van der Waals surface area contributed by atoms with Crippen LogP contribution in [0.25, 0.3) is 10.9 Å². The molecular weight excluding hydrogens is 252 g/mol. The fourth-order valence-electron chi connectivity index (χ4n) is 2.16. The third-order valence-corrected chi connectivity index (χ3v) is 3.36. The van der Waals surface area contributed by atoms with Crippen molar-refractivity contribution in [2.45, 2.75) is 19.8 Å². The second kappa shape index (κ2) is 7.10. The number of unbranched alkanes of at least 4 members (excludes halogenated alkanes) is 1. The molecule has 0 amide bonds. The van der Waals surface area contributed by atoms with Gasteiger partial charge in [-0.05, 0) is 12.5 Å². The van der Waals surface area contributed by atoms with Gasteiger partial charge < -0.3 is 14.6 Å². The smallest absolute Gasteiger partial charge is 0.252 e. The third kappa shape index (κ3) is 3.39. The average Bonchev–Trinajstić information content (AvgIpc) is 2.47. The largest absolute Gasteiger partial charge is 0.382 e. The molecule has 2 rings (SSSR count). The number of aromatic nitrogens is 1. The predicted molar refractivity (Wildman–Crippen MR) is 83.4 cm³/mol. The van der Waals surface area contributed by atoms with Crippen molar-refractivity contribution in [1.82, 2.24) is 4.57 Å². The van der Waals surface area contributed by atoms with Crippen molar-refractivity contribution < 1.29 is 4.74 Å². The van der Waals surface area contributed by atoms with Crippen LogP contribution in [0, 0.1) is 0 Å². The Labute approximate surface area is 119 Å². The number of para-hydroxylation sites is 1. The van der Waals surface area contributed by atoms with E-state index in [2.05, 4.69) is 12.2 Å². The van der Waals surface area contributed by atoms with Crippen LogP contribution in [-0.2, 0) is 11.8 Å². The van der Waals surface area contributed by atoms with Gasteiger partial charge in [0, 0.05) is 37.3 Å². The highest BCUT2D eigenvalue weighted by atomic mass is 16.5. The zero-order valence-corrected chi connectivity index (χ0v) is 12.2. The van der Waals surface area contributed by atoms with Crippen LogP contribution < -0.4 is 10.9 Å². The number of ether oxygens (including phenoxy) is 1. The van der Waals surface area contributed by atoms with Gasteiger partial charge in [-0.25, -0.2) is 0 Å². The SMILES string of the molecule is CCCCOCCNc1cc(=O)n(C)c2ccccc12. The quantitative estimate of drug-likeness (QED) is 0.790. The summed E-state index contributed by atoms with van der Waals surface area (Å²) in [5, 5.41) is 4.35. The molecule has 0 unspecified atom stereocenters. The van der Waals surface area contributed by atoms with Gasteiger partial charge in [-0.1, -0.05) is 31.5 Å². The van der Waals surface area contributed by atoms with E-state index in [-0.39, 0.29) is 5.56 Å². The summed E-state index contributed by atoms with van der Waals surface area (Å²) in [7, 11) is 1.79. The molecule has 1 aromatic heterocycles. The van der Waals surface area contributed by atoms with Crippen LogP contribution in [-0.4, -0.2) is 24.3 Å². The van der Waals surface area contributed by atoms with Crippen molar-refractivity contribution in [3.63, 3.8) is 0 Å². The van der Waals surface area contributed by atoms with Gasteiger partial charge in [0.2, 0.25) is 0 Å². The van der Waals surface area contributed by atoms with Crippen LogP contribution in [0.5, 0.6) is 0 Å². The number of rotatable bonds is 7. The lowest BCUT2D eigenvalue weighted by molar-refractivity contribution is 0.141. The van der Waals surface area contributed by atoms with E-state index < -0.39 is 0 Å². The van der Waals surface area contributed by atoms with Crippen molar-refractivity contribution in [3.05, 3.63) is 40.7 Å². The third-order valence-electron chi connectivity index (χ3n) is 3.36. The molecule has 0 atom stereocenters. The summed E-state index contributed by atoms with van der Waals surface area (Å²) >= 11 is 0. The number of aryl methyl sites for hydroxylation is 1. The van der Waals surface area contributed by atoms with E-state index in [0.29, 0.717) is 13.2 Å². The van der Waals surface area contributed by atoms with Crippen molar-refractivity contribution in [2.75, 3.05) is 25.1 Å². The number of nitrogens with one attached hydrogen (secondary N) is 1. The van der Waals surface area contributed by atoms with E-state index in [1.165, 1.54) is 0 Å². The molecule has 0 aliphatic rings. The Morgan fingerprint density at radius 1 is 1.25 bits per heavy atom. The lowest BCUT2D eigenvalue weighted by atomic mass is 10.2. The molecule has 20 heavy (non-hydrogen) atoms. The van der Waals surface area contributed by atoms with Crippen LogP contribution in [0.3, 0.4) is 0 Å². The molecule has 0 saturated carbocycles. The Kier molecular flexibility index (Phi) is 5.18. The molecule has 0 fully saturated rings. The average molecular weight is 274 g/mol. The lowest BCUT2D eigenvalue weighted by Gasteiger charge is -2.12. The van der Waals surface area contributed by atoms with Gasteiger partial charge in [-0.2, -0.15) is 0 Å². The fraction of sp³-hybridized carbons (Fsp3) is 0.438. The van der Waals surface area contributed by atoms with Gasteiger partial charge in [0.15, 0.2) is 0 Å². The molecule has 1 N–H and O–H groups in total. The Balaban J connectivity index is 2.07. The zero-order chi connectivity index (χ0) is 14.4. The monoisotopic (exact) mass is 274 g/mol. The second-order valence-corrected chi connectivity index (χ2v) is 4.87. The maximum absolute atomic E-state index is 11.9. The molecule has 0 aliphatic heterocycles. The lowest BCUT2D eigenvalue weighted by Crippen LogP contribution is -2.18. The molecular formula is C16H22N2O2. The van der Waals surface area contributed by atoms with Crippen molar-refractivity contribution in [3.8, 4) is 0 Å². The zero-order valence-electron chi connectivity index (χ0n) is 12.2. The Morgan fingerprint density at radius 2 is 2.05 bits per heavy atom. The van der Waals surface area contributed by atoms with E-state index in [9.17, 15) is 4.79 Å². The summed E-state index contributed by atoms with van der Waals surface area (Å²) in [4.78, 5) is 11.9. The first kappa shape index (κ1) is 14.6. The first-order valence-corrected chi connectivity index (χ1v) is 7.14. The Hall–Kier alpha value is -1.81. The number of benzene rings is 1. The summed E-state index contributed by atoms with van der Waals surface area (Å²) in [5.41, 5.74) is 1.82. The van der Waals surface area contributed by atoms with E-state index in [4.69, 9.17) is 4.74 Å². The maximum atomic E-state index is 11.9. The van der Waals surface area contributed by atoms with Crippen LogP contribution >= 0.6 is 0 Å². The van der Waals surface area contributed by atoms with Crippen LogP contribution in [0.2, 0.25) is 0 Å². The number of hydrogen-bond donors (Lipinski definition) is 1. The normalized spacial score (nSPS) is 10.9. The summed E-state index contributed by atoms with van der Waals surface area (Å²) < 4.78 is 7.18. The standard InChI is InChI=1S/C16H22N2O2/c1-3-4-10-20-11-9-17-14-12-16(19)18(2)15-8-6-5-7-13(14)15/h5-8,12,17H,3-4,9-11H2,1-2H3. The van der Waals surface area contributed by atoms with Gasteiger partial charge in [-0.15, -0.1) is 0 Å². The number of nitrogens with zero attached hydrogens (tertiary/aromatic N) is 1. The number of anilines is 1. The van der Waals surface area contributed by atoms with Crippen molar-refractivity contribution in [2.24, 2.45) is 7.05 Å². The molecule has 0 saturated heterocycles. The van der Waals surface area contributed by atoms with E-state index >= 15 is 0 Å². The Bertz CT molecular complexity index is 619. The molecule has 0 radical (unpaired) electrons. The van der Waals surface area contributed by atoms with Crippen molar-refractivity contribution >= 4 is 16.6 Å². The molecule has 0 bridgehead atoms. The first-order chi connectivity index (χ1) is 9.74. The summed E-state index contributed by atoms with van der Waals surface area (Å²) in [5.74, 6) is 0. The predicted octanol–water partition coefficient (Wildman–Crippen LogP) is 2.77. The number of pyridine rings is 1. The fourth-order valence-corrected chi connectivity index (χ4v) is 2.16. The highest BCUT2D eigenvalue weighted by molar-refractivity contribution is 5.91. The van der Waals surface area contributed by atoms with Crippen LogP contribution in [0.1, 0.15) is 19.8 Å². The topological polar surface area (TPSA) is 43.3 Å². The summed E-state index contributed by atoms with van der Waals surface area (Å²) in [6.45, 7) is 4.31. The highest BCUT2D eigenvalue weighted by Gasteiger charge is 2.05. The molecule has 4 nitrogen and oxygen atoms in total. The van der Waals surface area contributed by atoms with Gasteiger partial charge in [0.1, 0.15) is 0 Å². The second-order valence-electron chi connectivity index (χ2n) is 4.87. The number of fused-ring (bicyclic) bond motifs is 1. The molecule has 1 aromatic carbocycles. The first-order valence-electron chi connectivity index (χ1n) is 7.14. The molecule has 4 heteroatoms.